The summed E-state index contributed by atoms with van der Waals surface area (Å²) in [5.41, 5.74) is 2.47. The highest BCUT2D eigenvalue weighted by Crippen LogP contribution is 2.36. The average molecular weight is 256 g/mol. The van der Waals surface area contributed by atoms with Crippen molar-refractivity contribution in [2.24, 2.45) is 0 Å². The molecule has 1 aromatic carbocycles. The van der Waals surface area contributed by atoms with Gasteiger partial charge in [0.1, 0.15) is 5.75 Å². The first kappa shape index (κ1) is 12.5. The molecule has 1 aromatic rings. The van der Waals surface area contributed by atoms with Crippen molar-refractivity contribution in [2.45, 2.75) is 32.3 Å². The Labute approximate surface area is 114 Å². The van der Waals surface area contributed by atoms with E-state index in [4.69, 9.17) is 12.7 Å². The second-order valence-corrected chi connectivity index (χ2v) is 5.72. The van der Waals surface area contributed by atoms with E-state index in [9.17, 15) is 4.79 Å². The van der Waals surface area contributed by atoms with E-state index in [1.54, 1.807) is 13.8 Å². The molecule has 19 heavy (non-hydrogen) atoms. The van der Waals surface area contributed by atoms with E-state index in [0.717, 1.165) is 37.4 Å². The number of amides is 1. The normalized spacial score (nSPS) is 21.7. The van der Waals surface area contributed by atoms with Crippen LogP contribution in [-0.2, 0) is 17.6 Å². The molecule has 2 radical (unpaired) electrons. The maximum absolute atomic E-state index is 11.9. The molecule has 98 valence electrons. The van der Waals surface area contributed by atoms with Crippen LogP contribution in [0.25, 0.3) is 0 Å². The number of fused-ring (bicyclic) bond motifs is 2. The van der Waals surface area contributed by atoms with E-state index in [0.29, 0.717) is 0 Å². The third-order valence-electron chi connectivity index (χ3n) is 3.80. The van der Waals surface area contributed by atoms with Crippen molar-refractivity contribution in [1.29, 1.82) is 0 Å². The zero-order valence-electron chi connectivity index (χ0n) is 11.3. The lowest BCUT2D eigenvalue weighted by Gasteiger charge is -2.32. The van der Waals surface area contributed by atoms with E-state index in [-0.39, 0.29) is 5.91 Å². The lowest BCUT2D eigenvalue weighted by atomic mass is 9.99. The summed E-state index contributed by atoms with van der Waals surface area (Å²) in [4.78, 5) is 13.7. The fraction of sp³-hybridized carbons (Fsp3) is 0.500. The number of ether oxygens (including phenoxy) is 1. The van der Waals surface area contributed by atoms with Gasteiger partial charge in [-0.2, -0.15) is 0 Å². The first-order valence-electron chi connectivity index (χ1n) is 6.61. The minimum absolute atomic E-state index is 0.103. The largest absolute Gasteiger partial charge is 0.476 e. The first-order valence-corrected chi connectivity index (χ1v) is 6.61. The first-order chi connectivity index (χ1) is 8.95. The van der Waals surface area contributed by atoms with Gasteiger partial charge in [0.2, 0.25) is 0 Å². The van der Waals surface area contributed by atoms with Gasteiger partial charge in [-0.1, -0.05) is 0 Å². The maximum atomic E-state index is 11.9. The SMILES string of the molecule is [B]N1CCc2cc3c(cc2CC1)OC(C)(C)C(=O)N3. The van der Waals surface area contributed by atoms with Crippen LogP contribution in [0.3, 0.4) is 0 Å². The molecular formula is C14H17BN2O2. The predicted molar refractivity (Wildman–Crippen MR) is 74.5 cm³/mol. The number of benzene rings is 1. The molecule has 5 heteroatoms. The summed E-state index contributed by atoms with van der Waals surface area (Å²) < 4.78 is 5.81. The highest BCUT2D eigenvalue weighted by molar-refractivity contribution is 6.04. The summed E-state index contributed by atoms with van der Waals surface area (Å²) in [6, 6.07) is 4.07. The molecule has 0 aliphatic carbocycles. The van der Waals surface area contributed by atoms with Gasteiger partial charge in [0.25, 0.3) is 5.91 Å². The van der Waals surface area contributed by atoms with Crippen molar-refractivity contribution in [2.75, 3.05) is 18.4 Å². The van der Waals surface area contributed by atoms with Crippen LogP contribution in [-0.4, -0.2) is 37.4 Å². The zero-order valence-corrected chi connectivity index (χ0v) is 11.3. The summed E-state index contributed by atoms with van der Waals surface area (Å²) in [5, 5.41) is 2.92. The summed E-state index contributed by atoms with van der Waals surface area (Å²) in [7, 11) is 5.87. The Morgan fingerprint density at radius 2 is 1.89 bits per heavy atom. The third kappa shape index (κ3) is 2.23. The van der Waals surface area contributed by atoms with Gasteiger partial charge in [0.05, 0.1) is 5.69 Å². The van der Waals surface area contributed by atoms with Crippen molar-refractivity contribution < 1.29 is 9.53 Å². The number of nitrogens with zero attached hydrogens (tertiary/aromatic N) is 1. The smallest absolute Gasteiger partial charge is 0.268 e. The fourth-order valence-electron chi connectivity index (χ4n) is 2.55. The Bertz CT molecular complexity index is 542. The molecular weight excluding hydrogens is 239 g/mol. The highest BCUT2D eigenvalue weighted by atomic mass is 16.5. The van der Waals surface area contributed by atoms with E-state index >= 15 is 0 Å². The van der Waals surface area contributed by atoms with E-state index in [2.05, 4.69) is 5.32 Å². The number of nitrogens with one attached hydrogen (secondary N) is 1. The molecule has 2 heterocycles. The monoisotopic (exact) mass is 256 g/mol. The van der Waals surface area contributed by atoms with Crippen LogP contribution in [0.15, 0.2) is 12.1 Å². The fourth-order valence-corrected chi connectivity index (χ4v) is 2.55. The van der Waals surface area contributed by atoms with Crippen molar-refractivity contribution >= 4 is 19.6 Å². The Kier molecular flexibility index (Phi) is 2.82. The van der Waals surface area contributed by atoms with E-state index in [1.807, 2.05) is 16.9 Å². The topological polar surface area (TPSA) is 41.6 Å². The van der Waals surface area contributed by atoms with Crippen molar-refractivity contribution in [3.8, 4) is 5.75 Å². The Morgan fingerprint density at radius 3 is 2.58 bits per heavy atom. The minimum atomic E-state index is -0.814. The van der Waals surface area contributed by atoms with Gasteiger partial charge in [-0.15, -0.1) is 0 Å². The quantitative estimate of drug-likeness (QED) is 0.711. The number of carbonyl (C=O) groups excluding carboxylic acids is 1. The van der Waals surface area contributed by atoms with Crippen LogP contribution in [0.4, 0.5) is 5.69 Å². The van der Waals surface area contributed by atoms with Crippen LogP contribution in [0, 0.1) is 0 Å². The van der Waals surface area contributed by atoms with Crippen LogP contribution >= 0.6 is 0 Å². The van der Waals surface area contributed by atoms with Crippen molar-refractivity contribution in [3.05, 3.63) is 23.3 Å². The molecule has 4 nitrogen and oxygen atoms in total. The lowest BCUT2D eigenvalue weighted by Crippen LogP contribution is -2.45. The molecule has 2 aliphatic heterocycles. The predicted octanol–water partition coefficient (Wildman–Crippen LogP) is 1.28. The van der Waals surface area contributed by atoms with Crippen LogP contribution in [0.5, 0.6) is 5.75 Å². The van der Waals surface area contributed by atoms with E-state index < -0.39 is 5.60 Å². The highest BCUT2D eigenvalue weighted by Gasteiger charge is 2.35. The number of rotatable bonds is 0. The van der Waals surface area contributed by atoms with Crippen molar-refractivity contribution in [1.82, 2.24) is 4.81 Å². The number of anilines is 1. The molecule has 1 amide bonds. The van der Waals surface area contributed by atoms with Gasteiger partial charge in [0.15, 0.2) is 13.6 Å². The van der Waals surface area contributed by atoms with Gasteiger partial charge >= 0.3 is 0 Å². The molecule has 0 saturated carbocycles. The molecule has 0 aromatic heterocycles. The maximum Gasteiger partial charge on any atom is 0.268 e. The minimum Gasteiger partial charge on any atom is -0.476 e. The standard InChI is InChI=1S/C14H17BN2O2/c1-14(2)13(18)16-11-7-9-3-5-17(15)6-4-10(9)8-12(11)19-14/h7-8H,3-6H2,1-2H3,(H,16,18). The summed E-state index contributed by atoms with van der Waals surface area (Å²) >= 11 is 0. The summed E-state index contributed by atoms with van der Waals surface area (Å²) in [6.45, 7) is 5.24. The molecule has 0 fully saturated rings. The van der Waals surface area contributed by atoms with Gasteiger partial charge in [0, 0.05) is 0 Å². The summed E-state index contributed by atoms with van der Waals surface area (Å²) in [5.74, 6) is 0.655. The van der Waals surface area contributed by atoms with Crippen LogP contribution < -0.4 is 10.1 Å². The molecule has 2 aliphatic rings. The second kappa shape index (κ2) is 4.27. The van der Waals surface area contributed by atoms with Gasteiger partial charge in [-0.05, 0) is 63.0 Å². The molecule has 0 spiro atoms. The van der Waals surface area contributed by atoms with Crippen LogP contribution in [0.2, 0.25) is 0 Å². The molecule has 0 unspecified atom stereocenters. The zero-order chi connectivity index (χ0) is 13.6. The van der Waals surface area contributed by atoms with Gasteiger partial charge in [-0.25, -0.2) is 0 Å². The van der Waals surface area contributed by atoms with Crippen molar-refractivity contribution in [3.63, 3.8) is 0 Å². The van der Waals surface area contributed by atoms with E-state index in [1.165, 1.54) is 11.1 Å². The van der Waals surface area contributed by atoms with Crippen LogP contribution in [0.1, 0.15) is 25.0 Å². The number of hydrogen-bond acceptors (Lipinski definition) is 3. The molecule has 0 atom stereocenters. The second-order valence-electron chi connectivity index (χ2n) is 5.72. The molecule has 0 saturated heterocycles. The molecule has 3 rings (SSSR count). The number of hydrogen-bond donors (Lipinski definition) is 1. The summed E-state index contributed by atoms with van der Waals surface area (Å²) in [6.07, 6.45) is 1.81. The Morgan fingerprint density at radius 1 is 1.26 bits per heavy atom. The number of carbonyl (C=O) groups is 1. The lowest BCUT2D eigenvalue weighted by molar-refractivity contribution is -0.129. The van der Waals surface area contributed by atoms with Gasteiger partial charge in [-0.3, -0.25) is 4.79 Å². The Balaban J connectivity index is 2.00. The molecule has 0 bridgehead atoms. The third-order valence-corrected chi connectivity index (χ3v) is 3.80. The Hall–Kier alpha value is -1.49. The molecule has 1 N–H and O–H groups in total. The van der Waals surface area contributed by atoms with Gasteiger partial charge < -0.3 is 14.9 Å². The average Bonchev–Trinajstić information content (AvgIpc) is 2.51.